The molecule has 0 spiro atoms. The van der Waals surface area contributed by atoms with Crippen molar-refractivity contribution in [2.45, 2.75) is 23.0 Å². The van der Waals surface area contributed by atoms with Crippen LogP contribution >= 0.6 is 11.8 Å². The zero-order valence-electron chi connectivity index (χ0n) is 14.5. The molecule has 2 nitrogen and oxygen atoms in total. The average molecular weight is 356 g/mol. The maximum absolute atomic E-state index is 4.92. The SMILES string of the molecule is c1ccc(Cc2cn(Cc3ccccc3)c(Sc3ccccc3)n2)cc1. The first kappa shape index (κ1) is 16.7. The molecule has 0 fully saturated rings. The van der Waals surface area contributed by atoms with Crippen molar-refractivity contribution < 1.29 is 0 Å². The van der Waals surface area contributed by atoms with Gasteiger partial charge in [0.15, 0.2) is 5.16 Å². The van der Waals surface area contributed by atoms with Gasteiger partial charge in [-0.25, -0.2) is 4.98 Å². The monoisotopic (exact) mass is 356 g/mol. The van der Waals surface area contributed by atoms with Crippen molar-refractivity contribution in [1.29, 1.82) is 0 Å². The van der Waals surface area contributed by atoms with E-state index in [4.69, 9.17) is 4.98 Å². The Morgan fingerprint density at radius 1 is 0.692 bits per heavy atom. The fourth-order valence-corrected chi connectivity index (χ4v) is 3.81. The molecule has 0 aliphatic heterocycles. The number of hydrogen-bond donors (Lipinski definition) is 0. The van der Waals surface area contributed by atoms with Crippen LogP contribution in [-0.2, 0) is 13.0 Å². The fraction of sp³-hybridized carbons (Fsp3) is 0.0870. The molecular weight excluding hydrogens is 336 g/mol. The summed E-state index contributed by atoms with van der Waals surface area (Å²) in [4.78, 5) is 6.13. The molecule has 1 aromatic heterocycles. The van der Waals surface area contributed by atoms with Gasteiger partial charge < -0.3 is 4.57 Å². The summed E-state index contributed by atoms with van der Waals surface area (Å²) in [6, 6.07) is 31.5. The molecule has 0 aliphatic carbocycles. The first-order valence-electron chi connectivity index (χ1n) is 8.73. The number of imidazole rings is 1. The standard InChI is InChI=1S/C23H20N2S/c1-4-10-19(11-5-1)16-21-18-25(17-20-12-6-2-7-13-20)23(24-21)26-22-14-8-3-9-15-22/h1-15,18H,16-17H2. The van der Waals surface area contributed by atoms with Gasteiger partial charge in [0.25, 0.3) is 0 Å². The largest absolute Gasteiger partial charge is 0.321 e. The van der Waals surface area contributed by atoms with Crippen LogP contribution in [0.3, 0.4) is 0 Å². The summed E-state index contributed by atoms with van der Waals surface area (Å²) < 4.78 is 2.26. The van der Waals surface area contributed by atoms with Crippen molar-refractivity contribution in [3.63, 3.8) is 0 Å². The molecule has 0 saturated carbocycles. The highest BCUT2D eigenvalue weighted by Gasteiger charge is 2.11. The lowest BCUT2D eigenvalue weighted by molar-refractivity contribution is 0.709. The minimum atomic E-state index is 0.831. The zero-order valence-corrected chi connectivity index (χ0v) is 15.3. The lowest BCUT2D eigenvalue weighted by Gasteiger charge is -2.07. The second-order valence-electron chi connectivity index (χ2n) is 6.21. The van der Waals surface area contributed by atoms with E-state index in [1.807, 2.05) is 12.1 Å². The molecule has 128 valence electrons. The van der Waals surface area contributed by atoms with Gasteiger partial charge in [-0.2, -0.15) is 0 Å². The van der Waals surface area contributed by atoms with Crippen molar-refractivity contribution in [2.24, 2.45) is 0 Å². The van der Waals surface area contributed by atoms with Gasteiger partial charge in [-0.1, -0.05) is 90.6 Å². The lowest BCUT2D eigenvalue weighted by atomic mass is 10.1. The first-order chi connectivity index (χ1) is 12.9. The third-order valence-electron chi connectivity index (χ3n) is 4.17. The molecule has 26 heavy (non-hydrogen) atoms. The van der Waals surface area contributed by atoms with Crippen molar-refractivity contribution in [2.75, 3.05) is 0 Å². The predicted molar refractivity (Wildman–Crippen MR) is 108 cm³/mol. The highest BCUT2D eigenvalue weighted by atomic mass is 32.2. The van der Waals surface area contributed by atoms with Crippen LogP contribution < -0.4 is 0 Å². The molecule has 0 bridgehead atoms. The Labute approximate surface area is 158 Å². The van der Waals surface area contributed by atoms with Gasteiger partial charge in [0.05, 0.1) is 5.69 Å². The van der Waals surface area contributed by atoms with Gasteiger partial charge >= 0.3 is 0 Å². The number of aromatic nitrogens is 2. The summed E-state index contributed by atoms with van der Waals surface area (Å²) in [6.07, 6.45) is 3.04. The van der Waals surface area contributed by atoms with Crippen molar-refractivity contribution in [1.82, 2.24) is 9.55 Å². The lowest BCUT2D eigenvalue weighted by Crippen LogP contribution is -1.99. The van der Waals surface area contributed by atoms with E-state index in [9.17, 15) is 0 Å². The third kappa shape index (κ3) is 4.24. The van der Waals surface area contributed by atoms with E-state index in [-0.39, 0.29) is 0 Å². The molecule has 0 atom stereocenters. The van der Waals surface area contributed by atoms with E-state index >= 15 is 0 Å². The molecule has 4 aromatic rings. The summed E-state index contributed by atoms with van der Waals surface area (Å²) in [7, 11) is 0. The number of hydrogen-bond acceptors (Lipinski definition) is 2. The van der Waals surface area contributed by atoms with Gasteiger partial charge in [0.2, 0.25) is 0 Å². The topological polar surface area (TPSA) is 17.8 Å². The van der Waals surface area contributed by atoms with E-state index < -0.39 is 0 Å². The molecule has 3 heteroatoms. The van der Waals surface area contributed by atoms with Crippen LogP contribution in [-0.4, -0.2) is 9.55 Å². The number of rotatable bonds is 6. The summed E-state index contributed by atoms with van der Waals surface area (Å²) in [5.41, 5.74) is 3.67. The molecule has 3 aromatic carbocycles. The van der Waals surface area contributed by atoms with Crippen LogP contribution in [0.25, 0.3) is 0 Å². The van der Waals surface area contributed by atoms with Crippen LogP contribution in [0, 0.1) is 0 Å². The molecule has 0 aliphatic rings. The Bertz CT molecular complexity index is 888. The molecular formula is C23H20N2S. The summed E-state index contributed by atoms with van der Waals surface area (Å²) in [6.45, 7) is 0.831. The van der Waals surface area contributed by atoms with Crippen LogP contribution in [0.1, 0.15) is 16.8 Å². The van der Waals surface area contributed by atoms with Gasteiger partial charge in [-0.05, 0) is 23.3 Å². The van der Waals surface area contributed by atoms with Crippen molar-refractivity contribution >= 4 is 11.8 Å². The quantitative estimate of drug-likeness (QED) is 0.443. The molecule has 0 amide bonds. The van der Waals surface area contributed by atoms with Crippen LogP contribution in [0.2, 0.25) is 0 Å². The number of nitrogens with zero attached hydrogens (tertiary/aromatic N) is 2. The van der Waals surface area contributed by atoms with Gasteiger partial charge in [-0.3, -0.25) is 0 Å². The van der Waals surface area contributed by atoms with Crippen LogP contribution in [0.15, 0.2) is 107 Å². The van der Waals surface area contributed by atoms with Gasteiger partial charge in [-0.15, -0.1) is 0 Å². The highest BCUT2D eigenvalue weighted by molar-refractivity contribution is 7.99. The van der Waals surface area contributed by atoms with Crippen LogP contribution in [0.5, 0.6) is 0 Å². The van der Waals surface area contributed by atoms with E-state index in [2.05, 4.69) is 89.6 Å². The van der Waals surface area contributed by atoms with Crippen molar-refractivity contribution in [3.8, 4) is 0 Å². The number of benzene rings is 3. The van der Waals surface area contributed by atoms with E-state index in [0.717, 1.165) is 23.8 Å². The predicted octanol–water partition coefficient (Wildman–Crippen LogP) is 5.67. The molecule has 0 N–H and O–H groups in total. The Morgan fingerprint density at radius 2 is 1.27 bits per heavy atom. The summed E-state index contributed by atoms with van der Waals surface area (Å²) >= 11 is 1.72. The summed E-state index contributed by atoms with van der Waals surface area (Å²) in [5.74, 6) is 0. The second-order valence-corrected chi connectivity index (χ2v) is 7.25. The Balaban J connectivity index is 1.63. The average Bonchev–Trinajstić information content (AvgIpc) is 3.05. The molecule has 4 rings (SSSR count). The van der Waals surface area contributed by atoms with E-state index in [0.29, 0.717) is 0 Å². The van der Waals surface area contributed by atoms with Gasteiger partial charge in [0, 0.05) is 24.1 Å². The van der Waals surface area contributed by atoms with E-state index in [1.54, 1.807) is 11.8 Å². The minimum absolute atomic E-state index is 0.831. The highest BCUT2D eigenvalue weighted by Crippen LogP contribution is 2.28. The smallest absolute Gasteiger partial charge is 0.173 e. The molecule has 1 heterocycles. The maximum Gasteiger partial charge on any atom is 0.173 e. The Kier molecular flexibility index (Phi) is 5.17. The minimum Gasteiger partial charge on any atom is -0.321 e. The third-order valence-corrected chi connectivity index (χ3v) is 5.18. The fourth-order valence-electron chi connectivity index (χ4n) is 2.91. The van der Waals surface area contributed by atoms with Crippen LogP contribution in [0.4, 0.5) is 0 Å². The normalized spacial score (nSPS) is 10.8. The maximum atomic E-state index is 4.92. The van der Waals surface area contributed by atoms with Crippen molar-refractivity contribution in [3.05, 3.63) is 114 Å². The van der Waals surface area contributed by atoms with Gasteiger partial charge in [0.1, 0.15) is 0 Å². The Morgan fingerprint density at radius 3 is 1.92 bits per heavy atom. The second kappa shape index (κ2) is 8.07. The first-order valence-corrected chi connectivity index (χ1v) is 9.55. The Hall–Kier alpha value is -2.78. The molecule has 0 unspecified atom stereocenters. The zero-order chi connectivity index (χ0) is 17.6. The molecule has 0 saturated heterocycles. The van der Waals surface area contributed by atoms with E-state index in [1.165, 1.54) is 16.0 Å². The molecule has 0 radical (unpaired) electrons. The summed E-state index contributed by atoms with van der Waals surface area (Å²) in [5, 5.41) is 1.03.